The van der Waals surface area contributed by atoms with Gasteiger partial charge in [-0.25, -0.2) is 0 Å². The molecule has 1 heterocycles. The Kier molecular flexibility index (Phi) is 1.70. The zero-order valence-corrected chi connectivity index (χ0v) is 7.05. The second-order valence-corrected chi connectivity index (χ2v) is 2.76. The fourth-order valence-electron chi connectivity index (χ4n) is 0.946. The molecule has 10 heavy (non-hydrogen) atoms. The second-order valence-electron chi connectivity index (χ2n) is 2.76. The maximum Gasteiger partial charge on any atom is 0.242 e. The van der Waals surface area contributed by atoms with Gasteiger partial charge in [-0.1, -0.05) is 0 Å². The molecule has 1 aromatic heterocycles. The lowest BCUT2D eigenvalue weighted by atomic mass is 10.4. The average Bonchev–Trinajstić information content (AvgIpc) is 1.84. The standard InChI is InChI=1S/C8H14N2/c1-7-5-10(4)8(2)6-9(7)3/h5-6H,1-4H3/q+2. The van der Waals surface area contributed by atoms with Crippen LogP contribution in [0.3, 0.4) is 0 Å². The van der Waals surface area contributed by atoms with Crippen LogP contribution in [0.25, 0.3) is 0 Å². The molecule has 0 radical (unpaired) electrons. The molecule has 0 spiro atoms. The molecule has 0 amide bonds. The van der Waals surface area contributed by atoms with Crippen molar-refractivity contribution >= 4 is 0 Å². The molecule has 0 saturated heterocycles. The topological polar surface area (TPSA) is 7.76 Å². The molecule has 0 N–H and O–H groups in total. The van der Waals surface area contributed by atoms with Gasteiger partial charge in [0.05, 0.1) is 0 Å². The molecule has 0 aromatic carbocycles. The van der Waals surface area contributed by atoms with Crippen molar-refractivity contribution in [2.24, 2.45) is 14.1 Å². The lowest BCUT2D eigenvalue weighted by Crippen LogP contribution is -2.42. The zero-order chi connectivity index (χ0) is 7.72. The van der Waals surface area contributed by atoms with Gasteiger partial charge in [-0.2, -0.15) is 9.13 Å². The number of hydrogen-bond acceptors (Lipinski definition) is 0. The number of rotatable bonds is 0. The fraction of sp³-hybridized carbons (Fsp3) is 0.500. The summed E-state index contributed by atoms with van der Waals surface area (Å²) in [5.74, 6) is 0. The van der Waals surface area contributed by atoms with E-state index in [0.29, 0.717) is 0 Å². The third-order valence-corrected chi connectivity index (χ3v) is 1.87. The number of aromatic nitrogens is 2. The molecule has 2 heteroatoms. The molecule has 0 atom stereocenters. The lowest BCUT2D eigenvalue weighted by molar-refractivity contribution is -0.735. The molecular formula is C8H14N2+2. The second kappa shape index (κ2) is 2.37. The summed E-state index contributed by atoms with van der Waals surface area (Å²) in [6.07, 6.45) is 4.24. The van der Waals surface area contributed by atoms with Crippen LogP contribution in [0.15, 0.2) is 12.4 Å². The average molecular weight is 138 g/mol. The van der Waals surface area contributed by atoms with E-state index in [1.54, 1.807) is 0 Å². The van der Waals surface area contributed by atoms with Gasteiger partial charge >= 0.3 is 0 Å². The van der Waals surface area contributed by atoms with E-state index in [4.69, 9.17) is 0 Å². The van der Waals surface area contributed by atoms with Gasteiger partial charge in [0.1, 0.15) is 14.1 Å². The first-order valence-corrected chi connectivity index (χ1v) is 3.44. The Hall–Kier alpha value is -0.920. The van der Waals surface area contributed by atoms with E-state index in [9.17, 15) is 0 Å². The number of aryl methyl sites for hydroxylation is 4. The normalized spacial score (nSPS) is 10.0. The highest BCUT2D eigenvalue weighted by atomic mass is 15.0. The molecule has 0 aliphatic heterocycles. The van der Waals surface area contributed by atoms with Crippen molar-refractivity contribution < 1.29 is 9.13 Å². The highest BCUT2D eigenvalue weighted by Crippen LogP contribution is 1.84. The van der Waals surface area contributed by atoms with Crippen LogP contribution in [-0.2, 0) is 14.1 Å². The van der Waals surface area contributed by atoms with Crippen LogP contribution in [0, 0.1) is 13.8 Å². The smallest absolute Gasteiger partial charge is 0.195 e. The van der Waals surface area contributed by atoms with Gasteiger partial charge in [0.2, 0.25) is 23.8 Å². The molecule has 0 bridgehead atoms. The fourth-order valence-corrected chi connectivity index (χ4v) is 0.946. The van der Waals surface area contributed by atoms with E-state index in [2.05, 4.69) is 49.5 Å². The molecule has 0 aliphatic carbocycles. The third-order valence-electron chi connectivity index (χ3n) is 1.87. The largest absolute Gasteiger partial charge is 0.242 e. The lowest BCUT2D eigenvalue weighted by Gasteiger charge is -1.93. The maximum atomic E-state index is 2.12. The molecule has 1 rings (SSSR count). The first-order chi connectivity index (χ1) is 4.61. The van der Waals surface area contributed by atoms with Gasteiger partial charge in [0.15, 0.2) is 0 Å². The predicted octanol–water partition coefficient (Wildman–Crippen LogP) is -0.0476. The molecule has 2 nitrogen and oxygen atoms in total. The minimum atomic E-state index is 1.27. The quantitative estimate of drug-likeness (QED) is 0.444. The van der Waals surface area contributed by atoms with E-state index in [1.807, 2.05) is 0 Å². The molecule has 0 unspecified atom stereocenters. The summed E-state index contributed by atoms with van der Waals surface area (Å²) in [4.78, 5) is 0. The Morgan fingerprint density at radius 2 is 1.20 bits per heavy atom. The monoisotopic (exact) mass is 138 g/mol. The first kappa shape index (κ1) is 7.19. The molecular weight excluding hydrogens is 124 g/mol. The maximum absolute atomic E-state index is 2.12. The Balaban J connectivity index is 3.28. The van der Waals surface area contributed by atoms with Gasteiger partial charge in [-0.15, -0.1) is 0 Å². The Morgan fingerprint density at radius 3 is 1.50 bits per heavy atom. The van der Waals surface area contributed by atoms with Crippen molar-refractivity contribution in [3.05, 3.63) is 23.8 Å². The zero-order valence-electron chi connectivity index (χ0n) is 7.05. The predicted molar refractivity (Wildman–Crippen MR) is 38.3 cm³/mol. The van der Waals surface area contributed by atoms with Crippen LogP contribution < -0.4 is 9.13 Å². The van der Waals surface area contributed by atoms with Gasteiger partial charge in [-0.3, -0.25) is 0 Å². The van der Waals surface area contributed by atoms with Gasteiger partial charge in [0, 0.05) is 13.8 Å². The minimum Gasteiger partial charge on any atom is -0.195 e. The molecule has 1 aromatic rings. The Labute approximate surface area is 61.8 Å². The van der Waals surface area contributed by atoms with Crippen LogP contribution in [0.4, 0.5) is 0 Å². The molecule has 0 saturated carbocycles. The van der Waals surface area contributed by atoms with E-state index in [1.165, 1.54) is 11.4 Å². The van der Waals surface area contributed by atoms with Crippen LogP contribution in [0.2, 0.25) is 0 Å². The van der Waals surface area contributed by atoms with Crippen molar-refractivity contribution in [2.75, 3.05) is 0 Å². The van der Waals surface area contributed by atoms with Gasteiger partial charge in [0.25, 0.3) is 0 Å². The SMILES string of the molecule is Cc1c[n+](C)c(C)c[n+]1C. The summed E-state index contributed by atoms with van der Waals surface area (Å²) >= 11 is 0. The molecule has 54 valence electrons. The summed E-state index contributed by atoms with van der Waals surface area (Å²) in [7, 11) is 4.12. The van der Waals surface area contributed by atoms with Crippen molar-refractivity contribution in [2.45, 2.75) is 13.8 Å². The van der Waals surface area contributed by atoms with E-state index < -0.39 is 0 Å². The minimum absolute atomic E-state index is 1.27. The Bertz CT molecular complexity index is 203. The van der Waals surface area contributed by atoms with E-state index in [-0.39, 0.29) is 0 Å². The Morgan fingerprint density at radius 1 is 0.900 bits per heavy atom. The van der Waals surface area contributed by atoms with Crippen LogP contribution >= 0.6 is 0 Å². The van der Waals surface area contributed by atoms with Crippen molar-refractivity contribution in [1.29, 1.82) is 0 Å². The summed E-state index contributed by atoms with van der Waals surface area (Å²) in [6.45, 7) is 4.19. The molecule has 0 fully saturated rings. The number of hydrogen-bond donors (Lipinski definition) is 0. The summed E-state index contributed by atoms with van der Waals surface area (Å²) in [5.41, 5.74) is 2.54. The summed E-state index contributed by atoms with van der Waals surface area (Å²) in [6, 6.07) is 0. The van der Waals surface area contributed by atoms with Crippen LogP contribution in [-0.4, -0.2) is 0 Å². The van der Waals surface area contributed by atoms with Crippen molar-refractivity contribution in [3.8, 4) is 0 Å². The molecule has 0 aliphatic rings. The van der Waals surface area contributed by atoms with Crippen LogP contribution in [0.1, 0.15) is 11.4 Å². The first-order valence-electron chi connectivity index (χ1n) is 3.44. The highest BCUT2D eigenvalue weighted by molar-refractivity contribution is 4.81. The van der Waals surface area contributed by atoms with Gasteiger partial charge in [-0.05, 0) is 0 Å². The highest BCUT2D eigenvalue weighted by Gasteiger charge is 2.09. The van der Waals surface area contributed by atoms with Crippen molar-refractivity contribution in [3.63, 3.8) is 0 Å². The van der Waals surface area contributed by atoms with E-state index >= 15 is 0 Å². The third kappa shape index (κ3) is 1.15. The van der Waals surface area contributed by atoms with Crippen molar-refractivity contribution in [1.82, 2.24) is 0 Å². The number of nitrogens with zero attached hydrogens (tertiary/aromatic N) is 2. The summed E-state index contributed by atoms with van der Waals surface area (Å²) < 4.78 is 4.24. The van der Waals surface area contributed by atoms with E-state index in [0.717, 1.165) is 0 Å². The van der Waals surface area contributed by atoms with Crippen LogP contribution in [0.5, 0.6) is 0 Å². The summed E-state index contributed by atoms with van der Waals surface area (Å²) in [5, 5.41) is 0. The van der Waals surface area contributed by atoms with Gasteiger partial charge < -0.3 is 0 Å².